The van der Waals surface area contributed by atoms with Gasteiger partial charge in [0, 0.05) is 0 Å². The molecule has 6 N–H and O–H groups in total. The number of nitrogens with zero attached hydrogens (tertiary/aromatic N) is 2. The summed E-state index contributed by atoms with van der Waals surface area (Å²) >= 11 is 0. The Morgan fingerprint density at radius 3 is 0.969 bits per heavy atom. The van der Waals surface area contributed by atoms with E-state index in [2.05, 4.69) is 0 Å². The molecule has 14 heteroatoms. The molecule has 0 spiro atoms. The molecule has 0 aliphatic heterocycles. The first-order valence-electron chi connectivity index (χ1n) is 9.27. The number of carbonyl (C=O) groups excluding carboxylic acids is 2. The molecule has 4 atom stereocenters. The zero-order valence-electron chi connectivity index (χ0n) is 19.2. The smallest absolute Gasteiger partial charge is 0.306 e. The largest absolute Gasteiger partial charge is 0.547 e. The van der Waals surface area contributed by atoms with Gasteiger partial charge in [0.15, 0.2) is 0 Å². The number of aliphatic hydroxyl groups is 4. The summed E-state index contributed by atoms with van der Waals surface area (Å²) in [6.07, 6.45) is -6.71. The van der Waals surface area contributed by atoms with Gasteiger partial charge in [0.1, 0.15) is 37.5 Å². The van der Waals surface area contributed by atoms with Gasteiger partial charge in [-0.15, -0.1) is 0 Å². The fourth-order valence-corrected chi connectivity index (χ4v) is 2.05. The van der Waals surface area contributed by atoms with Crippen LogP contribution < -0.4 is 10.2 Å². The summed E-state index contributed by atoms with van der Waals surface area (Å²) in [5.41, 5.74) is 0. The van der Waals surface area contributed by atoms with Gasteiger partial charge in [-0.25, -0.2) is 0 Å². The Balaban J connectivity index is -0.000000395. The molecular formula is C18H36N2O12. The predicted octanol–water partition coefficient (Wildman–Crippen LogP) is -5.74. The molecule has 0 aromatic heterocycles. The van der Waals surface area contributed by atoms with Crippen LogP contribution in [0.3, 0.4) is 0 Å². The molecule has 0 aliphatic carbocycles. The maximum Gasteiger partial charge on any atom is 0.306 e. The fourth-order valence-electron chi connectivity index (χ4n) is 2.05. The molecule has 0 aromatic rings. The average Bonchev–Trinajstić information content (AvgIpc) is 2.48. The van der Waals surface area contributed by atoms with Gasteiger partial charge in [-0.05, 0) is 0 Å². The summed E-state index contributed by atoms with van der Waals surface area (Å²) in [7, 11) is 11.4. The van der Waals surface area contributed by atoms with Crippen LogP contribution in [0.25, 0.3) is 0 Å². The van der Waals surface area contributed by atoms with Crippen LogP contribution >= 0.6 is 0 Å². The van der Waals surface area contributed by atoms with Crippen LogP contribution in [0.15, 0.2) is 0 Å². The topological polar surface area (TPSA) is 236 Å². The van der Waals surface area contributed by atoms with Gasteiger partial charge in [-0.1, -0.05) is 0 Å². The molecule has 0 aromatic carbocycles. The number of carboxylic acid groups (broad SMARTS) is 4. The molecule has 32 heavy (non-hydrogen) atoms. The van der Waals surface area contributed by atoms with Gasteiger partial charge in [0.2, 0.25) is 0 Å². The third-order valence-electron chi connectivity index (χ3n) is 3.12. The number of carboxylic acids is 4. The summed E-state index contributed by atoms with van der Waals surface area (Å²) in [5.74, 6) is -6.02. The molecule has 0 saturated carbocycles. The van der Waals surface area contributed by atoms with Crippen molar-refractivity contribution in [1.29, 1.82) is 0 Å². The zero-order chi connectivity index (χ0) is 26.4. The lowest BCUT2D eigenvalue weighted by atomic mass is 10.2. The Kier molecular flexibility index (Phi) is 16.5. The first-order valence-corrected chi connectivity index (χ1v) is 9.27. The zero-order valence-corrected chi connectivity index (χ0v) is 19.2. The summed E-state index contributed by atoms with van der Waals surface area (Å²) in [6, 6.07) is 0. The SMILES string of the molecule is C[N+](C)(C)C[C@H](O)CC(=O)O.C[N+](C)(C)C[C@H](O)CC(=O)O.O=C([O-])[C@@H](O)[C@H](O)C(=O)[O-]. The predicted molar refractivity (Wildman–Crippen MR) is 104 cm³/mol. The molecule has 0 aliphatic rings. The summed E-state index contributed by atoms with van der Waals surface area (Å²) in [4.78, 5) is 39.5. The van der Waals surface area contributed by atoms with Crippen molar-refractivity contribution in [1.82, 2.24) is 0 Å². The first kappa shape index (κ1) is 34.3. The molecule has 0 fully saturated rings. The Morgan fingerprint density at radius 1 is 0.625 bits per heavy atom. The summed E-state index contributed by atoms with van der Waals surface area (Å²) < 4.78 is 1.16. The number of aliphatic hydroxyl groups excluding tert-OH is 4. The normalized spacial score (nSPS) is 14.9. The Hall–Kier alpha value is -2.36. The highest BCUT2D eigenvalue weighted by Crippen LogP contribution is 1.99. The fraction of sp³-hybridized carbons (Fsp3) is 0.778. The second-order valence-corrected chi connectivity index (χ2v) is 8.98. The maximum absolute atomic E-state index is 10.1. The molecule has 0 unspecified atom stereocenters. The van der Waals surface area contributed by atoms with Crippen molar-refractivity contribution < 1.29 is 69.0 Å². The standard InChI is InChI=1S/2C7H15NO3.C4H6O6/c2*1-8(2,3)5-6(9)4-7(10)11;5-1(3(7)8)2(6)4(9)10/h2*6,9H,4-5H2,1-3H3;1-2,5-6H,(H,7,8)(H,9,10)/t2*6-;1-,2-/m110/s1. The Labute approximate surface area is 186 Å². The lowest BCUT2D eigenvalue weighted by Gasteiger charge is -2.25. The van der Waals surface area contributed by atoms with Crippen molar-refractivity contribution in [3.8, 4) is 0 Å². The third kappa shape index (κ3) is 25.7. The number of aliphatic carboxylic acids is 4. The molecule has 0 heterocycles. The van der Waals surface area contributed by atoms with Gasteiger partial charge in [-0.2, -0.15) is 0 Å². The van der Waals surface area contributed by atoms with Gasteiger partial charge in [0.25, 0.3) is 0 Å². The maximum atomic E-state index is 10.1. The molecule has 190 valence electrons. The van der Waals surface area contributed by atoms with Crippen LogP contribution in [-0.4, -0.2) is 143 Å². The van der Waals surface area contributed by atoms with Gasteiger partial charge < -0.3 is 59.4 Å². The minimum atomic E-state index is -2.44. The van der Waals surface area contributed by atoms with Gasteiger partial charge in [0.05, 0.1) is 67.1 Å². The van der Waals surface area contributed by atoms with Crippen LogP contribution in [-0.2, 0) is 19.2 Å². The molecule has 0 amide bonds. The number of rotatable bonds is 11. The molecule has 0 bridgehead atoms. The number of likely N-dealkylation sites (N-methyl/N-ethyl adjacent to an activating group) is 2. The second-order valence-electron chi connectivity index (χ2n) is 8.98. The van der Waals surface area contributed by atoms with Crippen molar-refractivity contribution >= 4 is 23.9 Å². The summed E-state index contributed by atoms with van der Waals surface area (Å²) in [5, 5.41) is 70.7. The molecule has 0 rings (SSSR count). The van der Waals surface area contributed by atoms with E-state index in [4.69, 9.17) is 30.6 Å². The molecular weight excluding hydrogens is 436 g/mol. The number of hydrogen-bond acceptors (Lipinski definition) is 10. The molecule has 14 nitrogen and oxygen atoms in total. The Bertz CT molecular complexity index is 546. The highest BCUT2D eigenvalue weighted by Gasteiger charge is 2.19. The minimum Gasteiger partial charge on any atom is -0.547 e. The van der Waals surface area contributed by atoms with Crippen molar-refractivity contribution in [2.75, 3.05) is 55.4 Å². The second kappa shape index (κ2) is 15.4. The van der Waals surface area contributed by atoms with Crippen molar-refractivity contribution in [2.45, 2.75) is 37.3 Å². The third-order valence-corrected chi connectivity index (χ3v) is 3.12. The lowest BCUT2D eigenvalue weighted by molar-refractivity contribution is -0.873. The Morgan fingerprint density at radius 2 is 0.844 bits per heavy atom. The average molecular weight is 472 g/mol. The van der Waals surface area contributed by atoms with E-state index in [1.807, 2.05) is 42.3 Å². The van der Waals surface area contributed by atoms with E-state index in [0.717, 1.165) is 0 Å². The van der Waals surface area contributed by atoms with E-state index in [-0.39, 0.29) is 12.8 Å². The van der Waals surface area contributed by atoms with Gasteiger partial charge in [-0.3, -0.25) is 9.59 Å². The van der Waals surface area contributed by atoms with E-state index in [0.29, 0.717) is 22.1 Å². The van der Waals surface area contributed by atoms with Crippen LogP contribution in [0.1, 0.15) is 12.8 Å². The first-order chi connectivity index (χ1) is 14.1. The number of hydrogen-bond donors (Lipinski definition) is 6. The van der Waals surface area contributed by atoms with E-state index < -0.39 is 48.3 Å². The monoisotopic (exact) mass is 472 g/mol. The van der Waals surface area contributed by atoms with Crippen LogP contribution in [0.4, 0.5) is 0 Å². The highest BCUT2D eigenvalue weighted by molar-refractivity contribution is 5.80. The van der Waals surface area contributed by atoms with E-state index in [1.54, 1.807) is 0 Å². The van der Waals surface area contributed by atoms with Crippen molar-refractivity contribution in [3.63, 3.8) is 0 Å². The number of carbonyl (C=O) groups is 4. The van der Waals surface area contributed by atoms with E-state index in [9.17, 15) is 29.4 Å². The van der Waals surface area contributed by atoms with Crippen LogP contribution in [0.5, 0.6) is 0 Å². The minimum absolute atomic E-state index is 0.171. The van der Waals surface area contributed by atoms with Crippen molar-refractivity contribution in [2.24, 2.45) is 0 Å². The quantitative estimate of drug-likeness (QED) is 0.154. The van der Waals surface area contributed by atoms with E-state index >= 15 is 0 Å². The van der Waals surface area contributed by atoms with E-state index in [1.165, 1.54) is 0 Å². The van der Waals surface area contributed by atoms with Crippen LogP contribution in [0.2, 0.25) is 0 Å². The lowest BCUT2D eigenvalue weighted by Crippen LogP contribution is -2.51. The highest BCUT2D eigenvalue weighted by atomic mass is 16.4. The van der Waals surface area contributed by atoms with Crippen LogP contribution in [0, 0.1) is 0 Å². The molecule has 0 radical (unpaired) electrons. The summed E-state index contributed by atoms with van der Waals surface area (Å²) in [6.45, 7) is 0.929. The number of quaternary nitrogens is 2. The van der Waals surface area contributed by atoms with Gasteiger partial charge >= 0.3 is 11.9 Å². The van der Waals surface area contributed by atoms with Crippen molar-refractivity contribution in [3.05, 3.63) is 0 Å². The molecule has 0 saturated heterocycles.